The molecule has 1 N–H and O–H groups in total. The van der Waals surface area contributed by atoms with E-state index in [1.165, 1.54) is 11.8 Å². The maximum absolute atomic E-state index is 12.0. The number of halogens is 2. The first-order valence-electron chi connectivity index (χ1n) is 7.36. The molecular formula is C17H17Cl2N3O2. The van der Waals surface area contributed by atoms with Crippen LogP contribution in [0.4, 0.5) is 5.69 Å². The van der Waals surface area contributed by atoms with E-state index in [0.29, 0.717) is 22.3 Å². The van der Waals surface area contributed by atoms with Gasteiger partial charge < -0.3 is 10.2 Å². The highest BCUT2D eigenvalue weighted by atomic mass is 35.5. The molecule has 0 unspecified atom stereocenters. The van der Waals surface area contributed by atoms with Crippen LogP contribution in [0.3, 0.4) is 0 Å². The van der Waals surface area contributed by atoms with Gasteiger partial charge in [0.15, 0.2) is 0 Å². The van der Waals surface area contributed by atoms with Crippen molar-refractivity contribution in [2.24, 2.45) is 0 Å². The van der Waals surface area contributed by atoms with Crippen LogP contribution in [0.5, 0.6) is 0 Å². The van der Waals surface area contributed by atoms with Gasteiger partial charge in [0.25, 0.3) is 0 Å². The molecule has 126 valence electrons. The number of nitrogens with one attached hydrogen (secondary N) is 1. The molecule has 2 amide bonds. The summed E-state index contributed by atoms with van der Waals surface area (Å²) in [5, 5.41) is 3.64. The maximum Gasteiger partial charge on any atom is 0.223 e. The Morgan fingerprint density at radius 1 is 1.17 bits per heavy atom. The summed E-state index contributed by atoms with van der Waals surface area (Å²) in [6.07, 6.45) is 1.83. The van der Waals surface area contributed by atoms with E-state index in [-0.39, 0.29) is 24.8 Å². The van der Waals surface area contributed by atoms with E-state index in [1.807, 2.05) is 18.2 Å². The average molecular weight is 366 g/mol. The topological polar surface area (TPSA) is 62.3 Å². The molecule has 0 radical (unpaired) electrons. The summed E-state index contributed by atoms with van der Waals surface area (Å²) in [5.41, 5.74) is 1.34. The van der Waals surface area contributed by atoms with Crippen molar-refractivity contribution in [2.45, 2.75) is 19.9 Å². The molecule has 7 heteroatoms. The summed E-state index contributed by atoms with van der Waals surface area (Å²) in [6, 6.07) is 10.4. The van der Waals surface area contributed by atoms with Gasteiger partial charge in [0.1, 0.15) is 0 Å². The third-order valence-corrected chi connectivity index (χ3v) is 3.73. The Morgan fingerprint density at radius 3 is 2.46 bits per heavy atom. The molecule has 0 aliphatic carbocycles. The average Bonchev–Trinajstić information content (AvgIpc) is 2.53. The molecule has 5 nitrogen and oxygen atoms in total. The quantitative estimate of drug-likeness (QED) is 0.852. The number of hydrogen-bond donors (Lipinski definition) is 1. The van der Waals surface area contributed by atoms with Crippen molar-refractivity contribution in [3.63, 3.8) is 0 Å². The van der Waals surface area contributed by atoms with E-state index in [1.54, 1.807) is 24.4 Å². The third-order valence-electron chi connectivity index (χ3n) is 3.29. The van der Waals surface area contributed by atoms with Crippen molar-refractivity contribution in [1.29, 1.82) is 0 Å². The Labute approximate surface area is 150 Å². The van der Waals surface area contributed by atoms with Crippen LogP contribution in [0.15, 0.2) is 42.6 Å². The number of carbonyl (C=O) groups is 2. The number of rotatable bonds is 6. The summed E-state index contributed by atoms with van der Waals surface area (Å²) < 4.78 is 0. The van der Waals surface area contributed by atoms with Crippen molar-refractivity contribution < 1.29 is 9.59 Å². The van der Waals surface area contributed by atoms with Gasteiger partial charge in [0.2, 0.25) is 11.8 Å². The minimum Gasteiger partial charge on any atom is -0.350 e. The summed E-state index contributed by atoms with van der Waals surface area (Å²) in [6.45, 7) is 2.02. The first-order valence-corrected chi connectivity index (χ1v) is 8.12. The number of carbonyl (C=O) groups excluding carboxylic acids is 2. The van der Waals surface area contributed by atoms with Crippen molar-refractivity contribution in [2.75, 3.05) is 11.4 Å². The molecule has 0 spiro atoms. The van der Waals surface area contributed by atoms with Gasteiger partial charge in [0.05, 0.1) is 12.2 Å². The molecule has 1 heterocycles. The van der Waals surface area contributed by atoms with Crippen molar-refractivity contribution in [3.05, 3.63) is 58.3 Å². The number of benzene rings is 1. The van der Waals surface area contributed by atoms with Crippen LogP contribution in [0.2, 0.25) is 10.0 Å². The Morgan fingerprint density at radius 2 is 1.88 bits per heavy atom. The van der Waals surface area contributed by atoms with E-state index >= 15 is 0 Å². The Bertz CT molecular complexity index is 703. The molecule has 1 aromatic heterocycles. The van der Waals surface area contributed by atoms with Crippen LogP contribution < -0.4 is 10.2 Å². The minimum absolute atomic E-state index is 0.163. The lowest BCUT2D eigenvalue weighted by molar-refractivity contribution is -0.121. The van der Waals surface area contributed by atoms with Crippen LogP contribution >= 0.6 is 23.2 Å². The summed E-state index contributed by atoms with van der Waals surface area (Å²) in [4.78, 5) is 29.4. The second-order valence-electron chi connectivity index (χ2n) is 5.15. The van der Waals surface area contributed by atoms with E-state index in [4.69, 9.17) is 23.2 Å². The first kappa shape index (κ1) is 18.2. The second-order valence-corrected chi connectivity index (χ2v) is 6.02. The Hall–Kier alpha value is -2.11. The first-order chi connectivity index (χ1) is 11.5. The van der Waals surface area contributed by atoms with E-state index in [0.717, 1.165) is 5.69 Å². The number of amides is 2. The number of nitrogens with zero attached hydrogens (tertiary/aromatic N) is 2. The maximum atomic E-state index is 12.0. The number of aromatic nitrogens is 1. The van der Waals surface area contributed by atoms with Crippen LogP contribution in [-0.2, 0) is 16.1 Å². The SMILES string of the molecule is CC(=O)N(CCC(=O)NCc1ccccn1)c1cc(Cl)cc(Cl)c1. The molecule has 1 aromatic carbocycles. The molecule has 0 atom stereocenters. The van der Waals surface area contributed by atoms with Gasteiger partial charge in [-0.1, -0.05) is 29.3 Å². The molecule has 24 heavy (non-hydrogen) atoms. The lowest BCUT2D eigenvalue weighted by atomic mass is 10.2. The highest BCUT2D eigenvalue weighted by Crippen LogP contribution is 2.25. The van der Waals surface area contributed by atoms with Crippen molar-refractivity contribution in [3.8, 4) is 0 Å². The largest absolute Gasteiger partial charge is 0.350 e. The number of pyridine rings is 1. The number of anilines is 1. The predicted octanol–water partition coefficient (Wildman–Crippen LogP) is 3.45. The van der Waals surface area contributed by atoms with Crippen LogP contribution in [0.1, 0.15) is 19.0 Å². The van der Waals surface area contributed by atoms with Crippen molar-refractivity contribution >= 4 is 40.7 Å². The van der Waals surface area contributed by atoms with E-state index < -0.39 is 0 Å². The van der Waals surface area contributed by atoms with E-state index in [9.17, 15) is 9.59 Å². The molecule has 0 aliphatic heterocycles. The smallest absolute Gasteiger partial charge is 0.223 e. The van der Waals surface area contributed by atoms with Crippen molar-refractivity contribution in [1.82, 2.24) is 10.3 Å². The van der Waals surface area contributed by atoms with Gasteiger partial charge >= 0.3 is 0 Å². The Kier molecular flexibility index (Phi) is 6.58. The Balaban J connectivity index is 1.93. The number of hydrogen-bond acceptors (Lipinski definition) is 3. The summed E-state index contributed by atoms with van der Waals surface area (Å²) in [5.74, 6) is -0.356. The molecule has 2 aromatic rings. The second kappa shape index (κ2) is 8.66. The molecule has 0 saturated heterocycles. The fraction of sp³-hybridized carbons (Fsp3) is 0.235. The highest BCUT2D eigenvalue weighted by Gasteiger charge is 2.14. The fourth-order valence-electron chi connectivity index (χ4n) is 2.16. The zero-order chi connectivity index (χ0) is 17.5. The summed E-state index contributed by atoms with van der Waals surface area (Å²) in [7, 11) is 0. The molecule has 0 bridgehead atoms. The van der Waals surface area contributed by atoms with E-state index in [2.05, 4.69) is 10.3 Å². The predicted molar refractivity (Wildman–Crippen MR) is 95.2 cm³/mol. The van der Waals surface area contributed by atoms with Gasteiger partial charge in [-0.3, -0.25) is 14.6 Å². The molecular weight excluding hydrogens is 349 g/mol. The monoisotopic (exact) mass is 365 g/mol. The van der Waals surface area contributed by atoms with Gasteiger partial charge in [-0.2, -0.15) is 0 Å². The van der Waals surface area contributed by atoms with Crippen LogP contribution in [-0.4, -0.2) is 23.3 Å². The zero-order valence-electron chi connectivity index (χ0n) is 13.1. The lowest BCUT2D eigenvalue weighted by Gasteiger charge is -2.21. The molecule has 0 fully saturated rings. The standard InChI is InChI=1S/C17H17Cl2N3O2/c1-12(23)22(16-9-13(18)8-14(19)10-16)7-5-17(24)21-11-15-4-2-3-6-20-15/h2-4,6,8-10H,5,7,11H2,1H3,(H,21,24). The van der Waals surface area contributed by atoms with Gasteiger partial charge in [-0.05, 0) is 30.3 Å². The zero-order valence-corrected chi connectivity index (χ0v) is 14.6. The van der Waals surface area contributed by atoms with Gasteiger partial charge in [-0.25, -0.2) is 0 Å². The van der Waals surface area contributed by atoms with Gasteiger partial charge in [0, 0.05) is 41.8 Å². The lowest BCUT2D eigenvalue weighted by Crippen LogP contribution is -2.33. The minimum atomic E-state index is -0.189. The normalized spacial score (nSPS) is 10.3. The fourth-order valence-corrected chi connectivity index (χ4v) is 2.67. The third kappa shape index (κ3) is 5.51. The molecule has 0 saturated carbocycles. The highest BCUT2D eigenvalue weighted by molar-refractivity contribution is 6.35. The van der Waals surface area contributed by atoms with Crippen LogP contribution in [0.25, 0.3) is 0 Å². The van der Waals surface area contributed by atoms with Gasteiger partial charge in [-0.15, -0.1) is 0 Å². The molecule has 0 aliphatic rings. The molecule has 2 rings (SSSR count). The summed E-state index contributed by atoms with van der Waals surface area (Å²) >= 11 is 11.9. The van der Waals surface area contributed by atoms with Crippen LogP contribution in [0, 0.1) is 0 Å².